The zero-order chi connectivity index (χ0) is 11.8. The number of hydrogen-bond donors (Lipinski definition) is 1. The summed E-state index contributed by atoms with van der Waals surface area (Å²) in [5.74, 6) is 1.24. The number of methoxy groups -OCH3 is 1. The zero-order valence-corrected chi connectivity index (χ0v) is 9.60. The molecule has 2 aromatic rings. The van der Waals surface area contributed by atoms with E-state index < -0.39 is 0 Å². The molecule has 0 unspecified atom stereocenters. The third-order valence-corrected chi connectivity index (χ3v) is 3.14. The van der Waals surface area contributed by atoms with E-state index in [4.69, 9.17) is 10.5 Å². The van der Waals surface area contributed by atoms with Gasteiger partial charge in [0, 0.05) is 17.3 Å². The van der Waals surface area contributed by atoms with E-state index >= 15 is 0 Å². The molecule has 3 rings (SSSR count). The van der Waals surface area contributed by atoms with Crippen LogP contribution in [0.15, 0.2) is 24.4 Å². The second-order valence-electron chi connectivity index (χ2n) is 4.09. The highest BCUT2D eigenvalue weighted by atomic mass is 16.5. The number of nitrogen functional groups attached to an aromatic ring is 1. The molecule has 1 aliphatic rings. The van der Waals surface area contributed by atoms with Gasteiger partial charge in [-0.2, -0.15) is 0 Å². The first kappa shape index (κ1) is 10.1. The maximum Gasteiger partial charge on any atom is 0.220 e. The van der Waals surface area contributed by atoms with Crippen molar-refractivity contribution in [1.82, 2.24) is 9.97 Å². The molecule has 4 heteroatoms. The lowest BCUT2D eigenvalue weighted by molar-refractivity contribution is 0.409. The Balaban J connectivity index is 2.25. The molecule has 1 aromatic heterocycles. The van der Waals surface area contributed by atoms with Crippen LogP contribution in [0.3, 0.4) is 0 Å². The molecule has 4 nitrogen and oxygen atoms in total. The highest BCUT2D eigenvalue weighted by Gasteiger charge is 2.20. The van der Waals surface area contributed by atoms with E-state index in [1.165, 1.54) is 5.56 Å². The van der Waals surface area contributed by atoms with Crippen molar-refractivity contribution in [3.63, 3.8) is 0 Å². The van der Waals surface area contributed by atoms with Gasteiger partial charge in [0.25, 0.3) is 0 Å². The Bertz CT molecular complexity index is 581. The number of nitrogens with zero attached hydrogens (tertiary/aromatic N) is 2. The average molecular weight is 227 g/mol. The van der Waals surface area contributed by atoms with Gasteiger partial charge in [0.2, 0.25) is 5.95 Å². The van der Waals surface area contributed by atoms with Crippen molar-refractivity contribution in [2.24, 2.45) is 0 Å². The molecule has 2 N–H and O–H groups in total. The van der Waals surface area contributed by atoms with Gasteiger partial charge in [-0.25, -0.2) is 9.97 Å². The van der Waals surface area contributed by atoms with Gasteiger partial charge in [-0.3, -0.25) is 0 Å². The minimum Gasteiger partial charge on any atom is -0.496 e. The van der Waals surface area contributed by atoms with Crippen LogP contribution in [0, 0.1) is 0 Å². The first-order chi connectivity index (χ1) is 8.29. The summed E-state index contributed by atoms with van der Waals surface area (Å²) in [5.41, 5.74) is 10.1. The monoisotopic (exact) mass is 227 g/mol. The highest BCUT2D eigenvalue weighted by molar-refractivity contribution is 5.72. The summed E-state index contributed by atoms with van der Waals surface area (Å²) < 4.78 is 5.38. The number of aryl methyl sites for hydroxylation is 1. The summed E-state index contributed by atoms with van der Waals surface area (Å²) in [7, 11) is 1.69. The van der Waals surface area contributed by atoms with E-state index in [0.29, 0.717) is 5.95 Å². The van der Waals surface area contributed by atoms with E-state index in [2.05, 4.69) is 16.0 Å². The lowest BCUT2D eigenvalue weighted by atomic mass is 9.89. The highest BCUT2D eigenvalue weighted by Crippen LogP contribution is 2.36. The molecule has 0 saturated carbocycles. The van der Waals surface area contributed by atoms with Crippen LogP contribution >= 0.6 is 0 Å². The van der Waals surface area contributed by atoms with Crippen molar-refractivity contribution >= 4 is 5.95 Å². The topological polar surface area (TPSA) is 61.0 Å². The Morgan fingerprint density at radius 2 is 2.18 bits per heavy atom. The Labute approximate surface area is 99.5 Å². The van der Waals surface area contributed by atoms with Gasteiger partial charge in [-0.1, -0.05) is 12.1 Å². The summed E-state index contributed by atoms with van der Waals surface area (Å²) in [6.07, 6.45) is 3.71. The average Bonchev–Trinajstić information content (AvgIpc) is 2.37. The number of fused-ring (bicyclic) bond motifs is 3. The molecular weight excluding hydrogens is 214 g/mol. The zero-order valence-electron chi connectivity index (χ0n) is 9.60. The van der Waals surface area contributed by atoms with Gasteiger partial charge < -0.3 is 10.5 Å². The molecule has 17 heavy (non-hydrogen) atoms. The molecule has 0 radical (unpaired) electrons. The van der Waals surface area contributed by atoms with Gasteiger partial charge in [0.05, 0.1) is 12.8 Å². The molecule has 0 amide bonds. The number of anilines is 1. The normalized spacial score (nSPS) is 12.8. The van der Waals surface area contributed by atoms with Crippen molar-refractivity contribution in [2.45, 2.75) is 12.8 Å². The summed E-state index contributed by atoms with van der Waals surface area (Å²) in [5, 5.41) is 0. The molecular formula is C13H13N3O. The van der Waals surface area contributed by atoms with Gasteiger partial charge in [-0.05, 0) is 24.5 Å². The van der Waals surface area contributed by atoms with Crippen molar-refractivity contribution in [3.05, 3.63) is 35.5 Å². The van der Waals surface area contributed by atoms with Crippen LogP contribution in [0.1, 0.15) is 11.1 Å². The minimum absolute atomic E-state index is 0.319. The number of nitrogens with two attached hydrogens (primary N) is 1. The molecule has 0 fully saturated rings. The fourth-order valence-electron chi connectivity index (χ4n) is 2.33. The number of aromatic nitrogens is 2. The first-order valence-corrected chi connectivity index (χ1v) is 5.57. The molecule has 86 valence electrons. The number of rotatable bonds is 1. The van der Waals surface area contributed by atoms with Crippen LogP contribution in [0.2, 0.25) is 0 Å². The van der Waals surface area contributed by atoms with E-state index in [1.54, 1.807) is 7.11 Å². The largest absolute Gasteiger partial charge is 0.496 e. The Morgan fingerprint density at radius 1 is 1.29 bits per heavy atom. The van der Waals surface area contributed by atoms with Crippen molar-refractivity contribution in [2.75, 3.05) is 12.8 Å². The lowest BCUT2D eigenvalue weighted by Crippen LogP contribution is -2.09. The Morgan fingerprint density at radius 3 is 3.00 bits per heavy atom. The van der Waals surface area contributed by atoms with Crippen molar-refractivity contribution in [1.29, 1.82) is 0 Å². The van der Waals surface area contributed by atoms with Crippen LogP contribution < -0.4 is 10.5 Å². The van der Waals surface area contributed by atoms with Crippen LogP contribution in [0.25, 0.3) is 11.3 Å². The Hall–Kier alpha value is -2.10. The van der Waals surface area contributed by atoms with Gasteiger partial charge >= 0.3 is 0 Å². The predicted octanol–water partition coefficient (Wildman–Crippen LogP) is 1.83. The molecule has 1 aliphatic carbocycles. The third kappa shape index (κ3) is 1.53. The van der Waals surface area contributed by atoms with E-state index in [1.807, 2.05) is 18.3 Å². The maximum absolute atomic E-state index is 5.66. The first-order valence-electron chi connectivity index (χ1n) is 5.57. The number of hydrogen-bond acceptors (Lipinski definition) is 4. The number of benzene rings is 1. The maximum atomic E-state index is 5.66. The molecule has 0 spiro atoms. The minimum atomic E-state index is 0.319. The Kier molecular flexibility index (Phi) is 2.21. The third-order valence-electron chi connectivity index (χ3n) is 3.14. The predicted molar refractivity (Wildman–Crippen MR) is 65.8 cm³/mol. The molecule has 0 aliphatic heterocycles. The second kappa shape index (κ2) is 3.73. The van der Waals surface area contributed by atoms with Crippen molar-refractivity contribution < 1.29 is 4.74 Å². The molecule has 1 heterocycles. The SMILES string of the molecule is COc1cccc2c1CCc1cnc(N)nc1-2. The van der Waals surface area contributed by atoms with E-state index in [9.17, 15) is 0 Å². The summed E-state index contributed by atoms with van der Waals surface area (Å²) >= 11 is 0. The van der Waals surface area contributed by atoms with Gasteiger partial charge in [0.15, 0.2) is 0 Å². The fraction of sp³-hybridized carbons (Fsp3) is 0.231. The second-order valence-corrected chi connectivity index (χ2v) is 4.09. The van der Waals surface area contributed by atoms with Gasteiger partial charge in [0.1, 0.15) is 5.75 Å². The van der Waals surface area contributed by atoms with E-state index in [0.717, 1.165) is 35.4 Å². The van der Waals surface area contributed by atoms with Gasteiger partial charge in [-0.15, -0.1) is 0 Å². The smallest absolute Gasteiger partial charge is 0.220 e. The summed E-state index contributed by atoms with van der Waals surface area (Å²) in [4.78, 5) is 8.38. The molecule has 0 atom stereocenters. The summed E-state index contributed by atoms with van der Waals surface area (Å²) in [6, 6.07) is 6.02. The van der Waals surface area contributed by atoms with Crippen LogP contribution in [-0.4, -0.2) is 17.1 Å². The fourth-order valence-corrected chi connectivity index (χ4v) is 2.33. The van der Waals surface area contributed by atoms with Crippen LogP contribution in [0.5, 0.6) is 5.75 Å². The summed E-state index contributed by atoms with van der Waals surface area (Å²) in [6.45, 7) is 0. The van der Waals surface area contributed by atoms with Crippen molar-refractivity contribution in [3.8, 4) is 17.0 Å². The van der Waals surface area contributed by atoms with Crippen LogP contribution in [-0.2, 0) is 12.8 Å². The standard InChI is InChI=1S/C13H13N3O/c1-17-11-4-2-3-10-9(11)6-5-8-7-15-13(14)16-12(8)10/h2-4,7H,5-6H2,1H3,(H2,14,15,16). The lowest BCUT2D eigenvalue weighted by Gasteiger charge is -2.20. The van der Waals surface area contributed by atoms with Crippen LogP contribution in [0.4, 0.5) is 5.95 Å². The molecule has 0 saturated heterocycles. The molecule has 1 aromatic carbocycles. The quantitative estimate of drug-likeness (QED) is 0.807. The number of ether oxygens (including phenoxy) is 1. The van der Waals surface area contributed by atoms with E-state index in [-0.39, 0.29) is 0 Å². The molecule has 0 bridgehead atoms.